The quantitative estimate of drug-likeness (QED) is 0.314. The predicted octanol–water partition coefficient (Wildman–Crippen LogP) is 2.01. The number of hydrogen-bond donors (Lipinski definition) is 5. The van der Waals surface area contributed by atoms with Crippen molar-refractivity contribution >= 4 is 5.78 Å². The molecule has 234 valence electrons. The Morgan fingerprint density at radius 1 is 1.12 bits per heavy atom. The van der Waals surface area contributed by atoms with Crippen LogP contribution in [0.4, 0.5) is 0 Å². The first-order valence-electron chi connectivity index (χ1n) is 16.3. The fourth-order valence-corrected chi connectivity index (χ4v) is 10.4. The number of carbonyl (C=O) groups is 1. The molecule has 0 bridgehead atoms. The van der Waals surface area contributed by atoms with E-state index in [-0.39, 0.29) is 35.1 Å². The lowest BCUT2D eigenvalue weighted by Gasteiger charge is -2.49. The molecular formula is C33H49NO8. The van der Waals surface area contributed by atoms with Crippen molar-refractivity contribution < 1.29 is 39.4 Å². The van der Waals surface area contributed by atoms with Gasteiger partial charge in [-0.2, -0.15) is 0 Å². The van der Waals surface area contributed by atoms with Gasteiger partial charge in [0.1, 0.15) is 24.4 Å². The van der Waals surface area contributed by atoms with Crippen molar-refractivity contribution in [2.75, 3.05) is 13.2 Å². The van der Waals surface area contributed by atoms with E-state index in [0.29, 0.717) is 42.4 Å². The zero-order chi connectivity index (χ0) is 29.7. The molecule has 0 aromatic heterocycles. The number of aliphatic hydroxyl groups is 4. The van der Waals surface area contributed by atoms with Crippen LogP contribution in [0.15, 0.2) is 22.8 Å². The number of hydrogen-bond acceptors (Lipinski definition) is 9. The van der Waals surface area contributed by atoms with Gasteiger partial charge in [-0.1, -0.05) is 32.4 Å². The van der Waals surface area contributed by atoms with E-state index >= 15 is 0 Å². The molecule has 4 aliphatic carbocycles. The average Bonchev–Trinajstić information content (AvgIpc) is 3.42. The van der Waals surface area contributed by atoms with Gasteiger partial charge in [0.2, 0.25) is 0 Å². The standard InChI is InChI=1S/C33H49NO8/c1-15-11-22-26(34-13-15)17(3)33(42-22)10-8-20-21-6-5-18-12-19(40-31-30(39)29(38)27(36)23(14-35)41-31)7-9-32(18,4)25(21)28(37)24(20)16(33)2/h5,15,17,19-23,25-27,29-31,34-36,38-39H,6-14H2,1-4H3/t15-,17-,19-,20+,21-,22-,23-,25-,26+,27-,29+,30-,31-,32-,33+/m1/s1. The molecule has 0 unspecified atom stereocenters. The Morgan fingerprint density at radius 3 is 2.67 bits per heavy atom. The molecule has 0 amide bonds. The Hall–Kier alpha value is -1.17. The summed E-state index contributed by atoms with van der Waals surface area (Å²) in [5.41, 5.74) is 2.89. The summed E-state index contributed by atoms with van der Waals surface area (Å²) in [4.78, 5) is 14.5. The second kappa shape index (κ2) is 10.4. The highest BCUT2D eigenvalue weighted by atomic mass is 16.7. The highest BCUT2D eigenvalue weighted by Gasteiger charge is 2.63. The van der Waals surface area contributed by atoms with Crippen LogP contribution in [0.1, 0.15) is 72.6 Å². The molecule has 1 spiro atoms. The van der Waals surface area contributed by atoms with Gasteiger partial charge < -0.3 is 40.0 Å². The number of aliphatic hydroxyl groups excluding tert-OH is 4. The summed E-state index contributed by atoms with van der Waals surface area (Å²) in [6, 6.07) is 0.344. The first-order chi connectivity index (χ1) is 20.0. The Balaban J connectivity index is 1.11. The lowest BCUT2D eigenvalue weighted by molar-refractivity contribution is -0.312. The predicted molar refractivity (Wildman–Crippen MR) is 153 cm³/mol. The van der Waals surface area contributed by atoms with Crippen molar-refractivity contribution in [2.24, 2.45) is 35.0 Å². The third kappa shape index (κ3) is 4.14. The van der Waals surface area contributed by atoms with E-state index in [4.69, 9.17) is 14.2 Å². The minimum atomic E-state index is -1.46. The minimum absolute atomic E-state index is 0.0482. The number of fused-ring (bicyclic) bond motifs is 6. The highest BCUT2D eigenvalue weighted by molar-refractivity contribution is 6.02. The third-order valence-corrected chi connectivity index (χ3v) is 12.8. The maximum atomic E-state index is 14.5. The van der Waals surface area contributed by atoms with Crippen LogP contribution >= 0.6 is 0 Å². The van der Waals surface area contributed by atoms with Crippen LogP contribution in [0.3, 0.4) is 0 Å². The Kier molecular flexibility index (Phi) is 7.34. The monoisotopic (exact) mass is 587 g/mol. The normalized spacial score (nSPS) is 53.9. The number of ketones is 1. The van der Waals surface area contributed by atoms with Gasteiger partial charge in [-0.3, -0.25) is 4.79 Å². The Morgan fingerprint density at radius 2 is 1.90 bits per heavy atom. The molecule has 42 heavy (non-hydrogen) atoms. The minimum Gasteiger partial charge on any atom is -0.394 e. The molecule has 5 N–H and O–H groups in total. The zero-order valence-electron chi connectivity index (χ0n) is 25.4. The number of nitrogens with one attached hydrogen (secondary N) is 1. The number of carbonyl (C=O) groups excluding carboxylic acids is 1. The van der Waals surface area contributed by atoms with Crippen molar-refractivity contribution in [3.8, 4) is 0 Å². The lowest BCUT2D eigenvalue weighted by atomic mass is 9.56. The molecule has 15 atom stereocenters. The zero-order valence-corrected chi connectivity index (χ0v) is 25.4. The van der Waals surface area contributed by atoms with Crippen LogP contribution in [0, 0.1) is 35.0 Å². The first-order valence-corrected chi connectivity index (χ1v) is 16.3. The van der Waals surface area contributed by atoms with Gasteiger partial charge in [-0.25, -0.2) is 0 Å². The molecule has 3 saturated heterocycles. The van der Waals surface area contributed by atoms with Crippen molar-refractivity contribution in [1.29, 1.82) is 0 Å². The van der Waals surface area contributed by atoms with Gasteiger partial charge in [0.05, 0.1) is 24.4 Å². The van der Waals surface area contributed by atoms with Crippen molar-refractivity contribution in [1.82, 2.24) is 5.32 Å². The van der Waals surface area contributed by atoms with Crippen molar-refractivity contribution in [2.45, 2.75) is 127 Å². The van der Waals surface area contributed by atoms with E-state index in [0.717, 1.165) is 44.2 Å². The van der Waals surface area contributed by atoms with Gasteiger partial charge in [-0.15, -0.1) is 0 Å². The SMILES string of the molecule is CC1=C2C(=O)[C@H]3[C@H](CC=C4C[C@H](O[C@@H]5O[C@H](CO)[C@@H](O)[C@H](O)[C@H]5O)CC[C@]43C)[C@@H]2CC[C@]12O[C@@H]1C[C@@H](C)CN[C@H]1[C@H]2C. The second-order valence-electron chi connectivity index (χ2n) is 14.9. The summed E-state index contributed by atoms with van der Waals surface area (Å²) in [5.74, 6) is 1.81. The summed E-state index contributed by atoms with van der Waals surface area (Å²) in [6.07, 6.45) is 1.93. The van der Waals surface area contributed by atoms with Gasteiger partial charge >= 0.3 is 0 Å². The molecule has 0 aromatic rings. The highest BCUT2D eigenvalue weighted by Crippen LogP contribution is 2.64. The van der Waals surface area contributed by atoms with Gasteiger partial charge in [0.15, 0.2) is 12.1 Å². The van der Waals surface area contributed by atoms with E-state index in [1.807, 2.05) is 0 Å². The fraction of sp³-hybridized carbons (Fsp3) is 0.848. The molecule has 9 nitrogen and oxygen atoms in total. The molecule has 3 aliphatic heterocycles. The third-order valence-electron chi connectivity index (χ3n) is 12.8. The molecular weight excluding hydrogens is 538 g/mol. The van der Waals surface area contributed by atoms with Gasteiger partial charge in [0, 0.05) is 23.5 Å². The second-order valence-corrected chi connectivity index (χ2v) is 14.9. The maximum absolute atomic E-state index is 14.5. The average molecular weight is 588 g/mol. The fourth-order valence-electron chi connectivity index (χ4n) is 10.4. The Bertz CT molecular complexity index is 1170. The summed E-state index contributed by atoms with van der Waals surface area (Å²) < 4.78 is 18.8. The van der Waals surface area contributed by atoms with E-state index in [2.05, 4.69) is 39.1 Å². The number of Topliss-reactive ketones (excluding diaryl/α,β-unsaturated/α-hetero) is 1. The number of allylic oxidation sites excluding steroid dienone is 2. The van der Waals surface area contributed by atoms with E-state index in [1.165, 1.54) is 11.1 Å². The summed E-state index contributed by atoms with van der Waals surface area (Å²) in [5, 5.41) is 44.2. The summed E-state index contributed by atoms with van der Waals surface area (Å²) >= 11 is 0. The molecule has 9 heteroatoms. The molecule has 7 aliphatic rings. The van der Waals surface area contributed by atoms with Gasteiger partial charge in [0.25, 0.3) is 0 Å². The Labute approximate surface area is 248 Å². The van der Waals surface area contributed by atoms with Crippen LogP contribution in [0.25, 0.3) is 0 Å². The van der Waals surface area contributed by atoms with Gasteiger partial charge in [-0.05, 0) is 87.2 Å². The molecule has 0 radical (unpaired) electrons. The number of piperidine rings is 1. The molecule has 5 fully saturated rings. The molecule has 2 saturated carbocycles. The largest absolute Gasteiger partial charge is 0.394 e. The smallest absolute Gasteiger partial charge is 0.186 e. The number of ether oxygens (including phenoxy) is 3. The van der Waals surface area contributed by atoms with E-state index in [9.17, 15) is 25.2 Å². The van der Waals surface area contributed by atoms with Crippen LogP contribution in [0.2, 0.25) is 0 Å². The number of rotatable bonds is 3. The summed E-state index contributed by atoms with van der Waals surface area (Å²) in [6.45, 7) is 9.60. The van der Waals surface area contributed by atoms with Crippen LogP contribution in [-0.4, -0.2) is 93.9 Å². The molecule has 0 aromatic carbocycles. The van der Waals surface area contributed by atoms with Crippen LogP contribution < -0.4 is 5.32 Å². The summed E-state index contributed by atoms with van der Waals surface area (Å²) in [7, 11) is 0. The molecule has 3 heterocycles. The molecule has 7 rings (SSSR count). The lowest BCUT2D eigenvalue weighted by Crippen LogP contribution is -2.60. The van der Waals surface area contributed by atoms with E-state index < -0.39 is 37.3 Å². The van der Waals surface area contributed by atoms with Crippen LogP contribution in [0.5, 0.6) is 0 Å². The first kappa shape index (κ1) is 29.5. The topological polar surface area (TPSA) is 138 Å². The van der Waals surface area contributed by atoms with Crippen molar-refractivity contribution in [3.05, 3.63) is 22.8 Å². The van der Waals surface area contributed by atoms with E-state index in [1.54, 1.807) is 0 Å². The van der Waals surface area contributed by atoms with Crippen LogP contribution in [-0.2, 0) is 19.0 Å². The van der Waals surface area contributed by atoms with Crippen molar-refractivity contribution in [3.63, 3.8) is 0 Å². The maximum Gasteiger partial charge on any atom is 0.186 e.